The van der Waals surface area contributed by atoms with Gasteiger partial charge in [0.1, 0.15) is 0 Å². The molecule has 0 fully saturated rings. The van der Waals surface area contributed by atoms with Gasteiger partial charge in [-0.15, -0.1) is 10.8 Å². The van der Waals surface area contributed by atoms with Gasteiger partial charge in [0.25, 0.3) is 0 Å². The quantitative estimate of drug-likeness (QED) is 0.358. The normalized spacial score (nSPS) is 19.9. The van der Waals surface area contributed by atoms with Gasteiger partial charge in [0, 0.05) is 12.5 Å². The minimum Gasteiger partial charge on any atom is -0.440 e. The number of carbonyl (C=O) groups is 1. The summed E-state index contributed by atoms with van der Waals surface area (Å²) in [4.78, 5) is 11.3. The fraction of sp³-hybridized carbons (Fsp3) is 0.409. The molecule has 6 nitrogen and oxygen atoms in total. The Morgan fingerprint density at radius 3 is 2.41 bits per heavy atom. The minimum absolute atomic E-state index is 0.00860. The van der Waals surface area contributed by atoms with Gasteiger partial charge in [-0.25, -0.2) is 9.10 Å². The average molecular weight is 473 g/mol. The van der Waals surface area contributed by atoms with Crippen molar-refractivity contribution in [2.75, 3.05) is 4.31 Å². The number of rotatable bonds is 7. The first-order valence-corrected chi connectivity index (χ1v) is 11.8. The molecule has 3 N–H and O–H groups in total. The number of alkyl halides is 3. The molecule has 0 aromatic heterocycles. The van der Waals surface area contributed by atoms with Crippen LogP contribution >= 0.6 is 10.8 Å². The third kappa shape index (κ3) is 5.55. The van der Waals surface area contributed by atoms with Crippen LogP contribution in [0, 0.1) is 0 Å². The number of fused-ring (bicyclic) bond motifs is 1. The maximum Gasteiger partial charge on any atom is 0.490 e. The van der Waals surface area contributed by atoms with E-state index in [4.69, 9.17) is 0 Å². The molecule has 2 atom stereocenters. The zero-order valence-electron chi connectivity index (χ0n) is 17.7. The molecule has 3 rings (SSSR count). The first kappa shape index (κ1) is 24.4. The Morgan fingerprint density at radius 1 is 1.16 bits per heavy atom. The lowest BCUT2D eigenvalue weighted by Gasteiger charge is -2.53. The summed E-state index contributed by atoms with van der Waals surface area (Å²) in [6, 6.07) is 16.0. The van der Waals surface area contributed by atoms with Gasteiger partial charge in [-0.05, 0) is 50.5 Å². The van der Waals surface area contributed by atoms with E-state index >= 15 is 0 Å². The van der Waals surface area contributed by atoms with Gasteiger partial charge in [0.15, 0.2) is 6.23 Å². The Bertz CT molecular complexity index is 925. The van der Waals surface area contributed by atoms with Crippen LogP contribution in [-0.4, -0.2) is 38.8 Å². The number of hydrogen-bond acceptors (Lipinski definition) is 6. The Hall–Kier alpha value is -2.27. The average Bonchev–Trinajstić information content (AvgIpc) is 2.71. The highest BCUT2D eigenvalue weighted by Gasteiger charge is 2.43. The smallest absolute Gasteiger partial charge is 0.440 e. The molecule has 0 amide bonds. The largest absolute Gasteiger partial charge is 0.490 e. The highest BCUT2D eigenvalue weighted by Crippen LogP contribution is 2.60. The third-order valence-electron chi connectivity index (χ3n) is 5.12. The summed E-state index contributed by atoms with van der Waals surface area (Å²) in [5.41, 5.74) is 2.17. The zero-order chi connectivity index (χ0) is 23.5. The fourth-order valence-corrected chi connectivity index (χ4v) is 5.78. The van der Waals surface area contributed by atoms with Crippen molar-refractivity contribution in [2.24, 2.45) is 0 Å². The lowest BCUT2D eigenvalue weighted by Crippen LogP contribution is -2.43. The van der Waals surface area contributed by atoms with Crippen LogP contribution in [0.4, 0.5) is 24.5 Å². The van der Waals surface area contributed by atoms with E-state index in [0.717, 1.165) is 5.56 Å². The van der Waals surface area contributed by atoms with Gasteiger partial charge < -0.3 is 4.74 Å². The van der Waals surface area contributed by atoms with Crippen molar-refractivity contribution in [3.63, 3.8) is 0 Å². The molecule has 0 radical (unpaired) electrons. The molecule has 0 saturated carbocycles. The summed E-state index contributed by atoms with van der Waals surface area (Å²) < 4.78 is 66.7. The van der Waals surface area contributed by atoms with Crippen molar-refractivity contribution in [1.29, 1.82) is 0 Å². The first-order chi connectivity index (χ1) is 15.0. The molecular formula is C22H27F3N2O4S. The van der Waals surface area contributed by atoms with Crippen molar-refractivity contribution in [3.05, 3.63) is 60.2 Å². The molecule has 10 heteroatoms. The van der Waals surface area contributed by atoms with Crippen molar-refractivity contribution in [2.45, 2.75) is 56.8 Å². The van der Waals surface area contributed by atoms with E-state index in [0.29, 0.717) is 17.8 Å². The van der Waals surface area contributed by atoms with E-state index in [-0.39, 0.29) is 18.9 Å². The molecule has 0 aliphatic carbocycles. The summed E-state index contributed by atoms with van der Waals surface area (Å²) in [7, 11) is -3.37. The number of carbonyl (C=O) groups excluding carboxylic acids is 1. The molecule has 0 spiro atoms. The SMILES string of the molecule is CC(C)NC(CCC1Cc2ccccc2N(c2ccccc2)S1(O)O)OC(=O)C(F)(F)F. The van der Waals surface area contributed by atoms with Gasteiger partial charge in [0.05, 0.1) is 16.6 Å². The van der Waals surface area contributed by atoms with Gasteiger partial charge in [-0.2, -0.15) is 13.2 Å². The zero-order valence-corrected chi connectivity index (χ0v) is 18.6. The molecule has 0 bridgehead atoms. The van der Waals surface area contributed by atoms with Crippen LogP contribution in [0.5, 0.6) is 0 Å². The highest BCUT2D eigenvalue weighted by molar-refractivity contribution is 8.26. The van der Waals surface area contributed by atoms with E-state index in [1.807, 2.05) is 24.3 Å². The Balaban J connectivity index is 1.84. The number of halogens is 3. The number of para-hydroxylation sites is 2. The lowest BCUT2D eigenvalue weighted by molar-refractivity contribution is -0.206. The Kier molecular flexibility index (Phi) is 7.39. The second-order valence-corrected chi connectivity index (χ2v) is 10.1. The van der Waals surface area contributed by atoms with Crippen LogP contribution in [0.2, 0.25) is 0 Å². The topological polar surface area (TPSA) is 82.0 Å². The van der Waals surface area contributed by atoms with Gasteiger partial charge in [0.2, 0.25) is 0 Å². The number of nitrogens with zero attached hydrogens (tertiary/aromatic N) is 1. The summed E-state index contributed by atoms with van der Waals surface area (Å²) in [5, 5.41) is 2.13. The van der Waals surface area contributed by atoms with Crippen LogP contribution in [0.15, 0.2) is 54.6 Å². The standard InChI is InChI=1S/C22H27F3N2O4S/c1-15(2)26-20(31-21(28)22(23,24)25)13-12-18-14-16-8-6-7-11-19(16)27(32(18,29)30)17-9-4-3-5-10-17/h3-11,15,18,20,26,29-30H,12-14H2,1-2H3. The van der Waals surface area contributed by atoms with Crippen molar-refractivity contribution in [3.8, 4) is 0 Å². The van der Waals surface area contributed by atoms with E-state index in [9.17, 15) is 27.1 Å². The van der Waals surface area contributed by atoms with Crippen LogP contribution in [0.3, 0.4) is 0 Å². The van der Waals surface area contributed by atoms with E-state index in [2.05, 4.69) is 10.1 Å². The number of ether oxygens (including phenoxy) is 1. The van der Waals surface area contributed by atoms with Gasteiger partial charge >= 0.3 is 12.1 Å². The van der Waals surface area contributed by atoms with E-state index in [1.54, 1.807) is 44.2 Å². The first-order valence-electron chi connectivity index (χ1n) is 10.2. The molecule has 2 aromatic rings. The molecule has 1 heterocycles. The lowest BCUT2D eigenvalue weighted by atomic mass is 10.0. The second-order valence-electron chi connectivity index (χ2n) is 7.94. The van der Waals surface area contributed by atoms with Gasteiger partial charge in [-0.3, -0.25) is 14.4 Å². The van der Waals surface area contributed by atoms with Crippen LogP contribution in [0.1, 0.15) is 32.3 Å². The predicted molar refractivity (Wildman–Crippen MR) is 119 cm³/mol. The molecule has 1 aliphatic rings. The number of anilines is 2. The highest BCUT2D eigenvalue weighted by atomic mass is 32.3. The Morgan fingerprint density at radius 2 is 1.78 bits per heavy atom. The molecule has 2 unspecified atom stereocenters. The van der Waals surface area contributed by atoms with Crippen molar-refractivity contribution >= 4 is 28.1 Å². The molecule has 176 valence electrons. The monoisotopic (exact) mass is 472 g/mol. The summed E-state index contributed by atoms with van der Waals surface area (Å²) in [5.74, 6) is -2.28. The second kappa shape index (κ2) is 9.70. The maximum absolute atomic E-state index is 12.7. The molecule has 32 heavy (non-hydrogen) atoms. The predicted octanol–water partition coefficient (Wildman–Crippen LogP) is 5.62. The van der Waals surface area contributed by atoms with Crippen LogP contribution < -0.4 is 9.62 Å². The number of hydrogen-bond donors (Lipinski definition) is 3. The molecular weight excluding hydrogens is 445 g/mol. The number of esters is 1. The van der Waals surface area contributed by atoms with Crippen LogP contribution in [-0.2, 0) is 16.0 Å². The number of benzene rings is 2. The van der Waals surface area contributed by atoms with Crippen LogP contribution in [0.25, 0.3) is 0 Å². The third-order valence-corrected chi connectivity index (χ3v) is 7.36. The van der Waals surface area contributed by atoms with Crippen molar-refractivity contribution in [1.82, 2.24) is 5.32 Å². The molecule has 1 aliphatic heterocycles. The van der Waals surface area contributed by atoms with E-state index < -0.39 is 34.4 Å². The minimum atomic E-state index is -5.10. The Labute approximate surface area is 186 Å². The van der Waals surface area contributed by atoms with Gasteiger partial charge in [-0.1, -0.05) is 36.4 Å². The summed E-state index contributed by atoms with van der Waals surface area (Å²) >= 11 is 0. The van der Waals surface area contributed by atoms with E-state index in [1.165, 1.54) is 4.31 Å². The number of nitrogens with one attached hydrogen (secondary N) is 1. The summed E-state index contributed by atoms with van der Waals surface area (Å²) in [6.07, 6.45) is -5.85. The summed E-state index contributed by atoms with van der Waals surface area (Å²) in [6.45, 7) is 3.44. The molecule has 0 saturated heterocycles. The van der Waals surface area contributed by atoms with Crippen molar-refractivity contribution < 1.29 is 31.8 Å². The fourth-order valence-electron chi connectivity index (χ4n) is 3.73. The maximum atomic E-state index is 12.7. The molecule has 2 aromatic carbocycles.